The van der Waals surface area contributed by atoms with E-state index in [9.17, 15) is 9.59 Å². The molecule has 2 aromatic carbocycles. The van der Waals surface area contributed by atoms with Crippen LogP contribution in [0.5, 0.6) is 0 Å². The summed E-state index contributed by atoms with van der Waals surface area (Å²) in [6, 6.07) is 17.6. The van der Waals surface area contributed by atoms with Crippen LogP contribution in [-0.4, -0.2) is 34.2 Å². The molecule has 0 radical (unpaired) electrons. The summed E-state index contributed by atoms with van der Waals surface area (Å²) in [4.78, 5) is 28.8. The van der Waals surface area contributed by atoms with Gasteiger partial charge in [-0.15, -0.1) is 0 Å². The molecule has 1 saturated heterocycles. The van der Waals surface area contributed by atoms with Crippen LogP contribution < -0.4 is 0 Å². The van der Waals surface area contributed by atoms with Gasteiger partial charge in [0.05, 0.1) is 0 Å². The number of rotatable bonds is 2. The van der Waals surface area contributed by atoms with E-state index in [2.05, 4.69) is 6.07 Å². The molecule has 116 valence electrons. The number of piperazine rings is 1. The number of amides is 2. The molecule has 0 N–H and O–H groups in total. The fraction of sp³-hybridized carbons (Fsp3) is 0.263. The minimum atomic E-state index is -0.352. The summed E-state index contributed by atoms with van der Waals surface area (Å²) in [7, 11) is 0. The van der Waals surface area contributed by atoms with Gasteiger partial charge >= 0.3 is 0 Å². The van der Waals surface area contributed by atoms with Gasteiger partial charge in [-0.1, -0.05) is 54.6 Å². The zero-order valence-corrected chi connectivity index (χ0v) is 12.8. The first-order chi connectivity index (χ1) is 11.2. The van der Waals surface area contributed by atoms with Gasteiger partial charge in [-0.05, 0) is 16.7 Å². The number of carbonyl (C=O) groups is 2. The third kappa shape index (κ3) is 2.50. The van der Waals surface area contributed by atoms with E-state index in [1.807, 2.05) is 48.5 Å². The van der Waals surface area contributed by atoms with Gasteiger partial charge in [-0.3, -0.25) is 9.59 Å². The van der Waals surface area contributed by atoms with Crippen molar-refractivity contribution >= 4 is 11.8 Å². The van der Waals surface area contributed by atoms with Gasteiger partial charge in [0.1, 0.15) is 12.6 Å². The first kappa shape index (κ1) is 14.0. The average Bonchev–Trinajstić information content (AvgIpc) is 2.59. The number of hydrogen-bond donors (Lipinski definition) is 0. The highest BCUT2D eigenvalue weighted by molar-refractivity contribution is 5.95. The minimum absolute atomic E-state index is 0.0417. The van der Waals surface area contributed by atoms with Crippen molar-refractivity contribution in [2.45, 2.75) is 25.6 Å². The molecular formula is C19H18N2O2. The predicted molar refractivity (Wildman–Crippen MR) is 86.3 cm³/mol. The van der Waals surface area contributed by atoms with Crippen LogP contribution in [0.1, 0.15) is 16.7 Å². The molecular weight excluding hydrogens is 288 g/mol. The van der Waals surface area contributed by atoms with Crippen LogP contribution in [-0.2, 0) is 29.1 Å². The highest BCUT2D eigenvalue weighted by Gasteiger charge is 2.41. The van der Waals surface area contributed by atoms with Gasteiger partial charge in [0.2, 0.25) is 11.8 Å². The lowest BCUT2D eigenvalue weighted by Gasteiger charge is -2.43. The highest BCUT2D eigenvalue weighted by Crippen LogP contribution is 2.27. The van der Waals surface area contributed by atoms with Crippen LogP contribution in [0.15, 0.2) is 54.6 Å². The molecule has 2 amide bonds. The number of carbonyl (C=O) groups excluding carboxylic acids is 2. The number of benzene rings is 2. The minimum Gasteiger partial charge on any atom is -0.327 e. The van der Waals surface area contributed by atoms with Crippen LogP contribution in [0, 0.1) is 0 Å². The topological polar surface area (TPSA) is 40.6 Å². The first-order valence-corrected chi connectivity index (χ1v) is 7.91. The maximum Gasteiger partial charge on any atom is 0.246 e. The van der Waals surface area contributed by atoms with Crippen molar-refractivity contribution in [1.29, 1.82) is 0 Å². The summed E-state index contributed by atoms with van der Waals surface area (Å²) < 4.78 is 0. The van der Waals surface area contributed by atoms with E-state index in [-0.39, 0.29) is 24.4 Å². The molecule has 4 heteroatoms. The second-order valence-corrected chi connectivity index (χ2v) is 6.19. The van der Waals surface area contributed by atoms with Crippen molar-refractivity contribution < 1.29 is 9.59 Å². The van der Waals surface area contributed by atoms with Gasteiger partial charge in [0.15, 0.2) is 0 Å². The summed E-state index contributed by atoms with van der Waals surface area (Å²) in [5.41, 5.74) is 3.39. The summed E-state index contributed by atoms with van der Waals surface area (Å²) in [5.74, 6) is 0.1000. The fourth-order valence-electron chi connectivity index (χ4n) is 3.49. The number of fused-ring (bicyclic) bond motifs is 2. The molecule has 1 atom stereocenters. The Morgan fingerprint density at radius 2 is 1.57 bits per heavy atom. The van der Waals surface area contributed by atoms with E-state index in [0.29, 0.717) is 19.5 Å². The molecule has 0 spiro atoms. The molecule has 2 aliphatic heterocycles. The van der Waals surface area contributed by atoms with E-state index >= 15 is 0 Å². The average molecular weight is 306 g/mol. The highest BCUT2D eigenvalue weighted by atomic mass is 16.2. The van der Waals surface area contributed by atoms with Crippen molar-refractivity contribution in [3.8, 4) is 0 Å². The monoisotopic (exact) mass is 306 g/mol. The first-order valence-electron chi connectivity index (χ1n) is 7.91. The number of hydrogen-bond acceptors (Lipinski definition) is 2. The van der Waals surface area contributed by atoms with E-state index in [1.54, 1.807) is 9.80 Å². The fourth-order valence-corrected chi connectivity index (χ4v) is 3.49. The summed E-state index contributed by atoms with van der Waals surface area (Å²) in [5, 5.41) is 0. The maximum atomic E-state index is 12.9. The van der Waals surface area contributed by atoms with Crippen molar-refractivity contribution in [3.63, 3.8) is 0 Å². The molecule has 1 fully saturated rings. The molecule has 4 rings (SSSR count). The Morgan fingerprint density at radius 1 is 0.870 bits per heavy atom. The third-order valence-corrected chi connectivity index (χ3v) is 4.71. The lowest BCUT2D eigenvalue weighted by atomic mass is 9.91. The van der Waals surface area contributed by atoms with Crippen LogP contribution >= 0.6 is 0 Å². The van der Waals surface area contributed by atoms with Gasteiger partial charge < -0.3 is 9.80 Å². The number of nitrogens with zero attached hydrogens (tertiary/aromatic N) is 2. The van der Waals surface area contributed by atoms with Crippen LogP contribution in [0.25, 0.3) is 0 Å². The lowest BCUT2D eigenvalue weighted by molar-refractivity contribution is -0.157. The van der Waals surface area contributed by atoms with Crippen LogP contribution in [0.3, 0.4) is 0 Å². The van der Waals surface area contributed by atoms with Crippen molar-refractivity contribution in [2.24, 2.45) is 0 Å². The molecule has 2 aromatic rings. The summed E-state index contributed by atoms with van der Waals surface area (Å²) in [6.07, 6.45) is 0.617. The third-order valence-electron chi connectivity index (χ3n) is 4.71. The molecule has 0 aliphatic carbocycles. The van der Waals surface area contributed by atoms with Gasteiger partial charge in [0.25, 0.3) is 0 Å². The Hall–Kier alpha value is -2.62. The Kier molecular flexibility index (Phi) is 3.37. The van der Waals surface area contributed by atoms with Crippen molar-refractivity contribution in [1.82, 2.24) is 9.80 Å². The smallest absolute Gasteiger partial charge is 0.246 e. The zero-order chi connectivity index (χ0) is 15.8. The Labute approximate surface area is 135 Å². The van der Waals surface area contributed by atoms with Crippen molar-refractivity contribution in [3.05, 3.63) is 71.3 Å². The standard InChI is InChI=1S/C19H18N2O2/c22-18-13-20(11-14-6-2-1-3-7-14)19(23)17-10-15-8-4-5-9-16(15)12-21(17)18/h1-9,17H,10-13H2/t17-/m1/s1. The molecule has 23 heavy (non-hydrogen) atoms. The van der Waals surface area contributed by atoms with Crippen LogP contribution in [0.2, 0.25) is 0 Å². The van der Waals surface area contributed by atoms with Gasteiger partial charge in [-0.2, -0.15) is 0 Å². The molecule has 2 aliphatic rings. The maximum absolute atomic E-state index is 12.9. The van der Waals surface area contributed by atoms with Gasteiger partial charge in [-0.25, -0.2) is 0 Å². The normalized spacial score (nSPS) is 20.3. The molecule has 0 unspecified atom stereocenters. The molecule has 0 aromatic heterocycles. The lowest BCUT2D eigenvalue weighted by Crippen LogP contribution is -2.61. The Morgan fingerprint density at radius 3 is 2.35 bits per heavy atom. The predicted octanol–water partition coefficient (Wildman–Crippen LogP) is 1.98. The van der Waals surface area contributed by atoms with Crippen LogP contribution in [0.4, 0.5) is 0 Å². The van der Waals surface area contributed by atoms with E-state index in [4.69, 9.17) is 0 Å². The SMILES string of the molecule is O=C1[C@H]2Cc3ccccc3CN2C(=O)CN1Cc1ccccc1. The second-order valence-electron chi connectivity index (χ2n) is 6.19. The molecule has 0 saturated carbocycles. The summed E-state index contributed by atoms with van der Waals surface area (Å²) in [6.45, 7) is 1.22. The molecule has 0 bridgehead atoms. The Bertz CT molecular complexity index is 757. The van der Waals surface area contributed by atoms with E-state index < -0.39 is 0 Å². The second kappa shape index (κ2) is 5.54. The van der Waals surface area contributed by atoms with E-state index in [1.165, 1.54) is 5.56 Å². The van der Waals surface area contributed by atoms with Crippen molar-refractivity contribution in [2.75, 3.05) is 6.54 Å². The molecule has 4 nitrogen and oxygen atoms in total. The quantitative estimate of drug-likeness (QED) is 0.851. The summed E-state index contributed by atoms with van der Waals surface area (Å²) >= 11 is 0. The molecule has 2 heterocycles. The largest absolute Gasteiger partial charge is 0.327 e. The van der Waals surface area contributed by atoms with E-state index in [0.717, 1.165) is 11.1 Å². The Balaban J connectivity index is 1.59. The zero-order valence-electron chi connectivity index (χ0n) is 12.8. The van der Waals surface area contributed by atoms with Gasteiger partial charge in [0, 0.05) is 19.5 Å².